The van der Waals surface area contributed by atoms with Crippen molar-refractivity contribution in [2.75, 3.05) is 24.5 Å². The second kappa shape index (κ2) is 7.66. The number of primary amides is 1. The largest absolute Gasteiger partial charge is 0.370 e. The maximum Gasteiger partial charge on any atom is 0.217 e. The van der Waals surface area contributed by atoms with Crippen LogP contribution < -0.4 is 16.0 Å². The molecule has 0 spiro atoms. The molecule has 1 aliphatic rings. The Morgan fingerprint density at radius 1 is 1.43 bits per heavy atom. The lowest BCUT2D eigenvalue weighted by molar-refractivity contribution is -0.119. The summed E-state index contributed by atoms with van der Waals surface area (Å²) in [5, 5.41) is 4.16. The molecular formula is C16H24ClN3O. The second-order valence-electron chi connectivity index (χ2n) is 5.63. The van der Waals surface area contributed by atoms with Gasteiger partial charge in [-0.25, -0.2) is 0 Å². The smallest absolute Gasteiger partial charge is 0.217 e. The molecule has 1 heterocycles. The van der Waals surface area contributed by atoms with Crippen LogP contribution in [-0.2, 0) is 11.3 Å². The molecule has 0 bridgehead atoms. The van der Waals surface area contributed by atoms with E-state index in [2.05, 4.69) is 23.2 Å². The zero-order valence-electron chi connectivity index (χ0n) is 12.6. The maximum absolute atomic E-state index is 11.0. The Bertz CT molecular complexity index is 484. The van der Waals surface area contributed by atoms with Gasteiger partial charge in [0.15, 0.2) is 0 Å². The number of nitrogens with one attached hydrogen (secondary N) is 1. The summed E-state index contributed by atoms with van der Waals surface area (Å²) in [5.41, 5.74) is 7.66. The first kappa shape index (κ1) is 16.1. The number of nitrogens with two attached hydrogens (primary N) is 1. The van der Waals surface area contributed by atoms with Gasteiger partial charge in [-0.15, -0.1) is 0 Å². The van der Waals surface area contributed by atoms with Gasteiger partial charge in [-0.2, -0.15) is 0 Å². The number of halogens is 1. The topological polar surface area (TPSA) is 58.4 Å². The highest BCUT2D eigenvalue weighted by molar-refractivity contribution is 6.33. The van der Waals surface area contributed by atoms with Crippen LogP contribution in [-0.4, -0.2) is 25.5 Å². The van der Waals surface area contributed by atoms with Gasteiger partial charge < -0.3 is 16.0 Å². The van der Waals surface area contributed by atoms with E-state index in [-0.39, 0.29) is 5.91 Å². The molecule has 0 radical (unpaired) electrons. The van der Waals surface area contributed by atoms with Gasteiger partial charge in [0, 0.05) is 26.1 Å². The molecule has 21 heavy (non-hydrogen) atoms. The molecule has 1 saturated heterocycles. The molecule has 0 unspecified atom stereocenters. The molecule has 4 nitrogen and oxygen atoms in total. The summed E-state index contributed by atoms with van der Waals surface area (Å²) in [6.45, 7) is 5.72. The van der Waals surface area contributed by atoms with E-state index in [1.54, 1.807) is 0 Å². The number of rotatable bonds is 6. The van der Waals surface area contributed by atoms with Crippen LogP contribution in [0.4, 0.5) is 5.69 Å². The van der Waals surface area contributed by atoms with Crippen LogP contribution in [0, 0.1) is 5.92 Å². The van der Waals surface area contributed by atoms with Gasteiger partial charge >= 0.3 is 0 Å². The second-order valence-corrected chi connectivity index (χ2v) is 6.04. The fraction of sp³-hybridized carbons (Fsp3) is 0.562. The van der Waals surface area contributed by atoms with Crippen LogP contribution in [0.25, 0.3) is 0 Å². The average molecular weight is 310 g/mol. The molecule has 2 rings (SSSR count). The standard InChI is InChI=1S/C16H24ClN3O/c1-2-19-11-13-4-3-5-14(17)16(13)20-8-6-12(7-9-20)10-15(18)21/h3-5,12,19H,2,6-11H2,1H3,(H2,18,21). The molecule has 0 aliphatic carbocycles. The monoisotopic (exact) mass is 309 g/mol. The number of para-hydroxylation sites is 1. The Hall–Kier alpha value is -1.26. The van der Waals surface area contributed by atoms with E-state index in [1.807, 2.05) is 12.1 Å². The lowest BCUT2D eigenvalue weighted by Gasteiger charge is -2.35. The Balaban J connectivity index is 2.07. The Kier molecular flexibility index (Phi) is 5.88. The van der Waals surface area contributed by atoms with E-state index in [1.165, 1.54) is 5.56 Å². The number of anilines is 1. The van der Waals surface area contributed by atoms with Crippen LogP contribution >= 0.6 is 11.6 Å². The summed E-state index contributed by atoms with van der Waals surface area (Å²) in [5.74, 6) is 0.220. The van der Waals surface area contributed by atoms with Crippen LogP contribution in [0.15, 0.2) is 18.2 Å². The maximum atomic E-state index is 11.0. The highest BCUT2D eigenvalue weighted by Gasteiger charge is 2.23. The van der Waals surface area contributed by atoms with Crippen molar-refractivity contribution in [2.24, 2.45) is 11.7 Å². The van der Waals surface area contributed by atoms with Gasteiger partial charge in [0.2, 0.25) is 5.91 Å². The van der Waals surface area contributed by atoms with Gasteiger partial charge in [-0.1, -0.05) is 30.7 Å². The quantitative estimate of drug-likeness (QED) is 0.849. The number of amides is 1. The van der Waals surface area contributed by atoms with Gasteiger partial charge in [0.25, 0.3) is 0 Å². The minimum absolute atomic E-state index is 0.195. The first-order valence-electron chi connectivity index (χ1n) is 7.63. The van der Waals surface area contributed by atoms with Crippen molar-refractivity contribution in [1.82, 2.24) is 5.32 Å². The van der Waals surface area contributed by atoms with E-state index in [4.69, 9.17) is 17.3 Å². The van der Waals surface area contributed by atoms with Crippen LogP contribution in [0.5, 0.6) is 0 Å². The molecule has 116 valence electrons. The van der Waals surface area contributed by atoms with E-state index in [0.29, 0.717) is 12.3 Å². The van der Waals surface area contributed by atoms with E-state index < -0.39 is 0 Å². The summed E-state index contributed by atoms with van der Waals surface area (Å²) in [6.07, 6.45) is 2.49. The number of carbonyl (C=O) groups is 1. The van der Waals surface area contributed by atoms with Crippen molar-refractivity contribution in [3.63, 3.8) is 0 Å². The molecule has 3 N–H and O–H groups in total. The summed E-state index contributed by atoms with van der Waals surface area (Å²) in [6, 6.07) is 6.07. The number of carbonyl (C=O) groups excluding carboxylic acids is 1. The number of benzene rings is 1. The highest BCUT2D eigenvalue weighted by atomic mass is 35.5. The summed E-state index contributed by atoms with van der Waals surface area (Å²) < 4.78 is 0. The van der Waals surface area contributed by atoms with Gasteiger partial charge in [-0.3, -0.25) is 4.79 Å². The predicted octanol–water partition coefficient (Wildman–Crippen LogP) is 2.54. The van der Waals surface area contributed by atoms with Crippen molar-refractivity contribution in [1.29, 1.82) is 0 Å². The fourth-order valence-corrected chi connectivity index (χ4v) is 3.28. The minimum Gasteiger partial charge on any atom is -0.370 e. The lowest BCUT2D eigenvalue weighted by Crippen LogP contribution is -2.36. The average Bonchev–Trinajstić information content (AvgIpc) is 2.46. The van der Waals surface area contributed by atoms with Crippen molar-refractivity contribution < 1.29 is 4.79 Å². The Labute approximate surface area is 131 Å². The van der Waals surface area contributed by atoms with Crippen molar-refractivity contribution in [2.45, 2.75) is 32.7 Å². The van der Waals surface area contributed by atoms with Gasteiger partial charge in [-0.05, 0) is 36.9 Å². The van der Waals surface area contributed by atoms with Gasteiger partial charge in [0.1, 0.15) is 0 Å². The third-order valence-corrected chi connectivity index (χ3v) is 4.36. The molecule has 1 fully saturated rings. The lowest BCUT2D eigenvalue weighted by atomic mass is 9.92. The molecule has 0 atom stereocenters. The third kappa shape index (κ3) is 4.35. The number of piperidine rings is 1. The molecule has 1 amide bonds. The third-order valence-electron chi connectivity index (χ3n) is 4.06. The molecule has 0 aromatic heterocycles. The SMILES string of the molecule is CCNCc1cccc(Cl)c1N1CCC(CC(N)=O)CC1. The molecule has 1 aliphatic heterocycles. The van der Waals surface area contributed by atoms with Crippen LogP contribution in [0.1, 0.15) is 31.7 Å². The fourth-order valence-electron chi connectivity index (χ4n) is 2.96. The van der Waals surface area contributed by atoms with Crippen molar-refractivity contribution >= 4 is 23.2 Å². The Morgan fingerprint density at radius 3 is 2.76 bits per heavy atom. The zero-order valence-corrected chi connectivity index (χ0v) is 13.3. The number of nitrogens with zero attached hydrogens (tertiary/aromatic N) is 1. The van der Waals surface area contributed by atoms with E-state index >= 15 is 0 Å². The molecular weight excluding hydrogens is 286 g/mol. The summed E-state index contributed by atoms with van der Waals surface area (Å²) in [7, 11) is 0. The minimum atomic E-state index is -0.195. The molecule has 1 aromatic rings. The molecule has 0 saturated carbocycles. The van der Waals surface area contributed by atoms with Crippen LogP contribution in [0.2, 0.25) is 5.02 Å². The Morgan fingerprint density at radius 2 is 2.14 bits per heavy atom. The highest BCUT2D eigenvalue weighted by Crippen LogP contribution is 2.33. The first-order chi connectivity index (χ1) is 10.1. The molecule has 1 aromatic carbocycles. The number of hydrogen-bond acceptors (Lipinski definition) is 3. The van der Waals surface area contributed by atoms with Crippen molar-refractivity contribution in [3.05, 3.63) is 28.8 Å². The summed E-state index contributed by atoms with van der Waals surface area (Å²) in [4.78, 5) is 13.4. The normalized spacial score (nSPS) is 16.2. The summed E-state index contributed by atoms with van der Waals surface area (Å²) >= 11 is 6.42. The predicted molar refractivity (Wildman–Crippen MR) is 87.6 cm³/mol. The first-order valence-corrected chi connectivity index (χ1v) is 8.01. The zero-order chi connectivity index (χ0) is 15.2. The van der Waals surface area contributed by atoms with Crippen LogP contribution in [0.3, 0.4) is 0 Å². The van der Waals surface area contributed by atoms with E-state index in [0.717, 1.165) is 49.7 Å². The molecule has 5 heteroatoms. The number of hydrogen-bond donors (Lipinski definition) is 2. The van der Waals surface area contributed by atoms with Gasteiger partial charge in [0.05, 0.1) is 10.7 Å². The van der Waals surface area contributed by atoms with E-state index in [9.17, 15) is 4.79 Å². The van der Waals surface area contributed by atoms with Crippen molar-refractivity contribution in [3.8, 4) is 0 Å².